The van der Waals surface area contributed by atoms with E-state index in [1.165, 1.54) is 5.56 Å². The van der Waals surface area contributed by atoms with Gasteiger partial charge >= 0.3 is 0 Å². The molecule has 0 bridgehead atoms. The average Bonchev–Trinajstić information content (AvgIpc) is 2.67. The van der Waals surface area contributed by atoms with Crippen LogP contribution in [-0.2, 0) is 10.2 Å². The van der Waals surface area contributed by atoms with Gasteiger partial charge in [-0.05, 0) is 12.0 Å². The summed E-state index contributed by atoms with van der Waals surface area (Å²) < 4.78 is 0. The molecule has 0 amide bonds. The molecule has 2 saturated heterocycles. The molecule has 0 N–H and O–H groups in total. The maximum absolute atomic E-state index is 11.5. The van der Waals surface area contributed by atoms with Crippen LogP contribution in [0, 0.1) is 0 Å². The Morgan fingerprint density at radius 1 is 1.29 bits per heavy atom. The molecule has 0 spiro atoms. The Kier molecular flexibility index (Phi) is 2.55. The fraction of sp³-hybridized carbons (Fsp3) is 0.533. The number of hydrogen-bond acceptors (Lipinski definition) is 2. The van der Waals surface area contributed by atoms with Gasteiger partial charge in [0, 0.05) is 37.4 Å². The summed E-state index contributed by atoms with van der Waals surface area (Å²) in [5.74, 6) is 0.448. The molecular formula is C15H19NO. The quantitative estimate of drug-likeness (QED) is 0.737. The van der Waals surface area contributed by atoms with Crippen LogP contribution in [0.5, 0.6) is 0 Å². The Labute approximate surface area is 103 Å². The van der Waals surface area contributed by atoms with Gasteiger partial charge in [-0.25, -0.2) is 0 Å². The van der Waals surface area contributed by atoms with Crippen molar-refractivity contribution in [1.29, 1.82) is 0 Å². The summed E-state index contributed by atoms with van der Waals surface area (Å²) in [5.41, 5.74) is 1.65. The van der Waals surface area contributed by atoms with Crippen LogP contribution in [0.1, 0.15) is 31.7 Å². The van der Waals surface area contributed by atoms with Gasteiger partial charge in [-0.1, -0.05) is 37.3 Å². The minimum atomic E-state index is 0.233. The maximum Gasteiger partial charge on any atom is 0.135 e. The number of nitrogens with zero attached hydrogens (tertiary/aromatic N) is 1. The van der Waals surface area contributed by atoms with E-state index in [4.69, 9.17) is 0 Å². The first-order chi connectivity index (χ1) is 8.17. The van der Waals surface area contributed by atoms with Crippen molar-refractivity contribution in [3.63, 3.8) is 0 Å². The standard InChI is InChI=1S/C15H19NO/c1-15(12-5-3-2-4-6-12)10-13-9-14(17)7-8-16(13)11-15/h2-6,13H,7-11H2,1H3/t13-,15-/m0/s1. The normalized spacial score (nSPS) is 33.7. The predicted molar refractivity (Wildman–Crippen MR) is 68.0 cm³/mol. The topological polar surface area (TPSA) is 20.3 Å². The van der Waals surface area contributed by atoms with Gasteiger partial charge in [-0.15, -0.1) is 0 Å². The second-order valence-electron chi connectivity index (χ2n) is 5.75. The number of fused-ring (bicyclic) bond motifs is 1. The van der Waals surface area contributed by atoms with Gasteiger partial charge in [0.05, 0.1) is 0 Å². The zero-order valence-electron chi connectivity index (χ0n) is 10.4. The molecule has 17 heavy (non-hydrogen) atoms. The van der Waals surface area contributed by atoms with E-state index in [1.807, 2.05) is 0 Å². The van der Waals surface area contributed by atoms with Crippen molar-refractivity contribution in [2.45, 2.75) is 37.6 Å². The number of hydrogen-bond donors (Lipinski definition) is 0. The highest BCUT2D eigenvalue weighted by Crippen LogP contribution is 2.40. The molecule has 0 radical (unpaired) electrons. The van der Waals surface area contributed by atoms with Crippen LogP contribution in [0.15, 0.2) is 30.3 Å². The molecule has 2 atom stereocenters. The van der Waals surface area contributed by atoms with Crippen molar-refractivity contribution in [3.8, 4) is 0 Å². The highest BCUT2D eigenvalue weighted by molar-refractivity contribution is 5.80. The SMILES string of the molecule is C[C@]1(c2ccccc2)C[C@@H]2CC(=O)CCN2C1. The lowest BCUT2D eigenvalue weighted by Crippen LogP contribution is -2.38. The van der Waals surface area contributed by atoms with E-state index >= 15 is 0 Å². The fourth-order valence-corrected chi connectivity index (χ4v) is 3.44. The summed E-state index contributed by atoms with van der Waals surface area (Å²) in [4.78, 5) is 14.0. The third-order valence-corrected chi connectivity index (χ3v) is 4.37. The highest BCUT2D eigenvalue weighted by Gasteiger charge is 2.43. The summed E-state index contributed by atoms with van der Waals surface area (Å²) in [6.07, 6.45) is 2.65. The van der Waals surface area contributed by atoms with E-state index in [0.29, 0.717) is 11.8 Å². The number of piperidine rings is 1. The second kappa shape index (κ2) is 3.95. The Morgan fingerprint density at radius 3 is 2.82 bits per heavy atom. The molecule has 2 nitrogen and oxygen atoms in total. The number of benzene rings is 1. The third-order valence-electron chi connectivity index (χ3n) is 4.37. The van der Waals surface area contributed by atoms with Crippen LogP contribution in [0.2, 0.25) is 0 Å². The molecular weight excluding hydrogens is 210 g/mol. The van der Waals surface area contributed by atoms with Crippen molar-refractivity contribution < 1.29 is 4.79 Å². The molecule has 2 fully saturated rings. The molecule has 1 aromatic rings. The predicted octanol–water partition coefficient (Wildman–Crippen LogP) is 2.38. The lowest BCUT2D eigenvalue weighted by Gasteiger charge is -2.28. The van der Waals surface area contributed by atoms with Crippen LogP contribution in [0.4, 0.5) is 0 Å². The maximum atomic E-state index is 11.5. The van der Waals surface area contributed by atoms with E-state index in [2.05, 4.69) is 42.2 Å². The summed E-state index contributed by atoms with van der Waals surface area (Å²) in [7, 11) is 0. The Morgan fingerprint density at radius 2 is 2.06 bits per heavy atom. The fourth-order valence-electron chi connectivity index (χ4n) is 3.44. The van der Waals surface area contributed by atoms with E-state index < -0.39 is 0 Å². The molecule has 2 heterocycles. The molecule has 0 aliphatic carbocycles. The van der Waals surface area contributed by atoms with Crippen LogP contribution in [-0.4, -0.2) is 29.8 Å². The van der Waals surface area contributed by atoms with Crippen LogP contribution >= 0.6 is 0 Å². The van der Waals surface area contributed by atoms with Gasteiger partial charge in [0.25, 0.3) is 0 Å². The zero-order chi connectivity index (χ0) is 11.9. The van der Waals surface area contributed by atoms with Gasteiger partial charge in [0.1, 0.15) is 5.78 Å². The van der Waals surface area contributed by atoms with E-state index in [9.17, 15) is 4.79 Å². The largest absolute Gasteiger partial charge is 0.300 e. The highest BCUT2D eigenvalue weighted by atomic mass is 16.1. The Balaban J connectivity index is 1.85. The van der Waals surface area contributed by atoms with Gasteiger partial charge in [-0.3, -0.25) is 9.69 Å². The summed E-state index contributed by atoms with van der Waals surface area (Å²) >= 11 is 0. The third kappa shape index (κ3) is 1.91. The molecule has 90 valence electrons. The smallest absolute Gasteiger partial charge is 0.135 e. The number of rotatable bonds is 1. The Hall–Kier alpha value is -1.15. The van der Waals surface area contributed by atoms with Crippen molar-refractivity contribution in [2.24, 2.45) is 0 Å². The van der Waals surface area contributed by atoms with Gasteiger partial charge < -0.3 is 0 Å². The van der Waals surface area contributed by atoms with Gasteiger partial charge in [0.15, 0.2) is 0 Å². The minimum Gasteiger partial charge on any atom is -0.300 e. The lowest BCUT2D eigenvalue weighted by molar-refractivity contribution is -0.122. The summed E-state index contributed by atoms with van der Waals surface area (Å²) in [5, 5.41) is 0. The minimum absolute atomic E-state index is 0.233. The van der Waals surface area contributed by atoms with Crippen molar-refractivity contribution in [2.75, 3.05) is 13.1 Å². The van der Waals surface area contributed by atoms with Gasteiger partial charge in [0.2, 0.25) is 0 Å². The summed E-state index contributed by atoms with van der Waals surface area (Å²) in [6.45, 7) is 4.41. The second-order valence-corrected chi connectivity index (χ2v) is 5.75. The first-order valence-electron chi connectivity index (χ1n) is 6.49. The Bertz CT molecular complexity index is 428. The molecule has 0 aromatic heterocycles. The molecule has 2 heteroatoms. The molecule has 1 aromatic carbocycles. The number of carbonyl (C=O) groups excluding carboxylic acids is 1. The van der Waals surface area contributed by atoms with Crippen molar-refractivity contribution in [3.05, 3.63) is 35.9 Å². The molecule has 3 rings (SSSR count). The van der Waals surface area contributed by atoms with E-state index in [-0.39, 0.29) is 5.41 Å². The van der Waals surface area contributed by atoms with Crippen LogP contribution in [0.25, 0.3) is 0 Å². The monoisotopic (exact) mass is 229 g/mol. The first kappa shape index (κ1) is 11.0. The van der Waals surface area contributed by atoms with Gasteiger partial charge in [-0.2, -0.15) is 0 Å². The van der Waals surface area contributed by atoms with Crippen molar-refractivity contribution >= 4 is 5.78 Å². The molecule has 2 aliphatic heterocycles. The molecule has 0 unspecified atom stereocenters. The molecule has 2 aliphatic rings. The number of carbonyl (C=O) groups is 1. The molecule has 0 saturated carbocycles. The zero-order valence-corrected chi connectivity index (χ0v) is 10.4. The average molecular weight is 229 g/mol. The van der Waals surface area contributed by atoms with Crippen LogP contribution in [0.3, 0.4) is 0 Å². The number of ketones is 1. The van der Waals surface area contributed by atoms with Crippen LogP contribution < -0.4 is 0 Å². The van der Waals surface area contributed by atoms with E-state index in [1.54, 1.807) is 0 Å². The lowest BCUT2D eigenvalue weighted by atomic mass is 9.80. The first-order valence-corrected chi connectivity index (χ1v) is 6.49. The van der Waals surface area contributed by atoms with Crippen molar-refractivity contribution in [1.82, 2.24) is 4.90 Å². The summed E-state index contributed by atoms with van der Waals surface area (Å²) in [6, 6.07) is 11.2. The number of Topliss-reactive ketones (excluding diaryl/α,β-unsaturated/α-hetero) is 1. The van der Waals surface area contributed by atoms with E-state index in [0.717, 1.165) is 32.4 Å².